The molecule has 0 bridgehead atoms. The molecule has 0 aromatic heterocycles. The molecule has 1 heterocycles. The van der Waals surface area contributed by atoms with Crippen LogP contribution >= 0.6 is 0 Å². The Bertz CT molecular complexity index is 288. The molecule has 1 fully saturated rings. The Morgan fingerprint density at radius 3 is 2.62 bits per heavy atom. The van der Waals surface area contributed by atoms with Gasteiger partial charge in [0.25, 0.3) is 11.8 Å². The Hall–Kier alpha value is -1.34. The summed E-state index contributed by atoms with van der Waals surface area (Å²) in [5.74, 6) is 1.54. The zero-order valence-electron chi connectivity index (χ0n) is 7.66. The molecule has 0 aromatic rings. The van der Waals surface area contributed by atoms with Crippen molar-refractivity contribution in [1.29, 1.82) is 0 Å². The molecule has 1 aliphatic heterocycles. The predicted molar refractivity (Wildman–Crippen MR) is 45.0 cm³/mol. The summed E-state index contributed by atoms with van der Waals surface area (Å²) in [6, 6.07) is 0. The van der Waals surface area contributed by atoms with E-state index in [4.69, 9.17) is 11.3 Å². The summed E-state index contributed by atoms with van der Waals surface area (Å²) in [5, 5.41) is 0.764. The van der Waals surface area contributed by atoms with Gasteiger partial charge in [-0.3, -0.25) is 14.4 Å². The number of imide groups is 1. The molecule has 0 aliphatic carbocycles. The van der Waals surface area contributed by atoms with Crippen LogP contribution in [-0.2, 0) is 14.4 Å². The summed E-state index contributed by atoms with van der Waals surface area (Å²) < 4.78 is 0. The quantitative estimate of drug-likeness (QED) is 0.455. The standard InChI is InChI=1S/C9H11NO3/c1-4-5-13-10-7(11)6-9(2,3)8(10)12/h1H,5-6H2,2-3H3. The molecule has 0 atom stereocenters. The molecule has 1 saturated heterocycles. The molecule has 1 rings (SSSR count). The summed E-state index contributed by atoms with van der Waals surface area (Å²) in [6.07, 6.45) is 5.12. The largest absolute Gasteiger partial charge is 0.272 e. The normalized spacial score (nSPS) is 20.5. The number of amides is 2. The van der Waals surface area contributed by atoms with Crippen molar-refractivity contribution in [3.05, 3.63) is 0 Å². The molecule has 4 heteroatoms. The van der Waals surface area contributed by atoms with Crippen molar-refractivity contribution >= 4 is 11.8 Å². The maximum Gasteiger partial charge on any atom is 0.259 e. The average molecular weight is 181 g/mol. The highest BCUT2D eigenvalue weighted by Gasteiger charge is 2.45. The van der Waals surface area contributed by atoms with Crippen molar-refractivity contribution in [2.75, 3.05) is 6.61 Å². The fourth-order valence-electron chi connectivity index (χ4n) is 1.15. The first-order valence-corrected chi connectivity index (χ1v) is 3.93. The smallest absolute Gasteiger partial charge is 0.259 e. The Balaban J connectivity index is 2.72. The molecule has 0 aromatic carbocycles. The summed E-state index contributed by atoms with van der Waals surface area (Å²) in [4.78, 5) is 27.5. The van der Waals surface area contributed by atoms with Gasteiger partial charge in [-0.25, -0.2) is 0 Å². The highest BCUT2D eigenvalue weighted by molar-refractivity contribution is 6.04. The monoisotopic (exact) mass is 181 g/mol. The number of hydroxylamine groups is 2. The van der Waals surface area contributed by atoms with Crippen LogP contribution in [0.1, 0.15) is 20.3 Å². The van der Waals surface area contributed by atoms with Crippen molar-refractivity contribution in [1.82, 2.24) is 5.06 Å². The number of nitrogens with zero attached hydrogens (tertiary/aromatic N) is 1. The molecule has 0 N–H and O–H groups in total. The van der Waals surface area contributed by atoms with E-state index >= 15 is 0 Å². The zero-order chi connectivity index (χ0) is 10.1. The lowest BCUT2D eigenvalue weighted by Crippen LogP contribution is -2.33. The van der Waals surface area contributed by atoms with E-state index in [1.807, 2.05) is 0 Å². The molecule has 70 valence electrons. The van der Waals surface area contributed by atoms with E-state index < -0.39 is 5.41 Å². The Morgan fingerprint density at radius 1 is 1.62 bits per heavy atom. The third kappa shape index (κ3) is 1.70. The first-order chi connectivity index (χ1) is 5.99. The van der Waals surface area contributed by atoms with Crippen molar-refractivity contribution in [2.45, 2.75) is 20.3 Å². The third-order valence-electron chi connectivity index (χ3n) is 1.86. The van der Waals surface area contributed by atoms with Crippen LogP contribution in [-0.4, -0.2) is 23.5 Å². The zero-order valence-corrected chi connectivity index (χ0v) is 7.66. The van der Waals surface area contributed by atoms with Crippen molar-refractivity contribution in [3.63, 3.8) is 0 Å². The van der Waals surface area contributed by atoms with Gasteiger partial charge in [0, 0.05) is 6.42 Å². The van der Waals surface area contributed by atoms with Gasteiger partial charge in [0.2, 0.25) is 0 Å². The maximum atomic E-state index is 11.5. The van der Waals surface area contributed by atoms with Crippen LogP contribution in [0.4, 0.5) is 0 Å². The second-order valence-electron chi connectivity index (χ2n) is 3.53. The lowest BCUT2D eigenvalue weighted by molar-refractivity contribution is -0.186. The van der Waals surface area contributed by atoms with Gasteiger partial charge in [0.05, 0.1) is 5.41 Å². The lowest BCUT2D eigenvalue weighted by atomic mass is 9.92. The Labute approximate surface area is 76.8 Å². The summed E-state index contributed by atoms with van der Waals surface area (Å²) >= 11 is 0. The molecule has 0 spiro atoms. The number of carbonyl (C=O) groups excluding carboxylic acids is 2. The van der Waals surface area contributed by atoms with E-state index in [-0.39, 0.29) is 24.8 Å². The van der Waals surface area contributed by atoms with Crippen LogP contribution in [0, 0.1) is 17.8 Å². The van der Waals surface area contributed by atoms with Crippen LogP contribution < -0.4 is 0 Å². The number of carbonyl (C=O) groups is 2. The molecule has 4 nitrogen and oxygen atoms in total. The van der Waals surface area contributed by atoms with Crippen molar-refractivity contribution < 1.29 is 14.4 Å². The molecular formula is C9H11NO3. The number of terminal acetylenes is 1. The highest BCUT2D eigenvalue weighted by atomic mass is 16.7. The summed E-state index contributed by atoms with van der Waals surface area (Å²) in [7, 11) is 0. The van der Waals surface area contributed by atoms with Gasteiger partial charge in [0.1, 0.15) is 6.61 Å². The highest BCUT2D eigenvalue weighted by Crippen LogP contribution is 2.31. The van der Waals surface area contributed by atoms with E-state index in [1.165, 1.54) is 0 Å². The van der Waals surface area contributed by atoms with Crippen molar-refractivity contribution in [3.8, 4) is 12.3 Å². The van der Waals surface area contributed by atoms with E-state index in [1.54, 1.807) is 13.8 Å². The fraction of sp³-hybridized carbons (Fsp3) is 0.556. The predicted octanol–water partition coefficient (Wildman–Crippen LogP) is 0.336. The van der Waals surface area contributed by atoms with Crippen LogP contribution in [0.2, 0.25) is 0 Å². The first kappa shape index (κ1) is 9.75. The number of hydrogen-bond acceptors (Lipinski definition) is 3. The fourth-order valence-corrected chi connectivity index (χ4v) is 1.15. The van der Waals surface area contributed by atoms with Gasteiger partial charge in [-0.2, -0.15) is 5.06 Å². The maximum absolute atomic E-state index is 11.5. The van der Waals surface area contributed by atoms with Crippen molar-refractivity contribution in [2.24, 2.45) is 5.41 Å². The summed E-state index contributed by atoms with van der Waals surface area (Å²) in [5.41, 5.74) is -0.661. The SMILES string of the molecule is C#CCON1C(=O)CC(C)(C)C1=O. The second kappa shape index (κ2) is 3.19. The molecule has 13 heavy (non-hydrogen) atoms. The minimum atomic E-state index is -0.661. The lowest BCUT2D eigenvalue weighted by Gasteiger charge is -2.15. The number of hydrogen-bond donors (Lipinski definition) is 0. The van der Waals surface area contributed by atoms with E-state index in [0.29, 0.717) is 0 Å². The second-order valence-corrected chi connectivity index (χ2v) is 3.53. The van der Waals surface area contributed by atoms with Crippen LogP contribution in [0.3, 0.4) is 0 Å². The van der Waals surface area contributed by atoms with Crippen LogP contribution in [0.25, 0.3) is 0 Å². The van der Waals surface area contributed by atoms with Gasteiger partial charge >= 0.3 is 0 Å². The number of rotatable bonds is 2. The van der Waals surface area contributed by atoms with Crippen LogP contribution in [0.5, 0.6) is 0 Å². The molecule has 0 saturated carbocycles. The van der Waals surface area contributed by atoms with Gasteiger partial charge in [0.15, 0.2) is 0 Å². The molecular weight excluding hydrogens is 170 g/mol. The van der Waals surface area contributed by atoms with Gasteiger partial charge in [-0.15, -0.1) is 6.42 Å². The average Bonchev–Trinajstić information content (AvgIpc) is 2.21. The minimum Gasteiger partial charge on any atom is -0.272 e. The molecule has 0 radical (unpaired) electrons. The first-order valence-electron chi connectivity index (χ1n) is 3.93. The van der Waals surface area contributed by atoms with Gasteiger partial charge < -0.3 is 0 Å². The minimum absolute atomic E-state index is 0.0619. The summed E-state index contributed by atoms with van der Waals surface area (Å²) in [6.45, 7) is 3.34. The topological polar surface area (TPSA) is 46.6 Å². The Kier molecular flexibility index (Phi) is 2.39. The van der Waals surface area contributed by atoms with Gasteiger partial charge in [-0.05, 0) is 0 Å². The Morgan fingerprint density at radius 2 is 2.23 bits per heavy atom. The van der Waals surface area contributed by atoms with E-state index in [2.05, 4.69) is 5.92 Å². The molecule has 0 unspecified atom stereocenters. The molecule has 1 aliphatic rings. The third-order valence-corrected chi connectivity index (χ3v) is 1.86. The van der Waals surface area contributed by atoms with E-state index in [0.717, 1.165) is 5.06 Å². The van der Waals surface area contributed by atoms with Crippen LogP contribution in [0.15, 0.2) is 0 Å². The van der Waals surface area contributed by atoms with E-state index in [9.17, 15) is 9.59 Å². The van der Waals surface area contributed by atoms with Gasteiger partial charge in [-0.1, -0.05) is 19.8 Å². The molecule has 2 amide bonds.